The van der Waals surface area contributed by atoms with Crippen molar-refractivity contribution in [2.24, 2.45) is 5.73 Å². The van der Waals surface area contributed by atoms with Gasteiger partial charge < -0.3 is 11.1 Å². The lowest BCUT2D eigenvalue weighted by Gasteiger charge is -2.08. The lowest BCUT2D eigenvalue weighted by molar-refractivity contribution is 0.0955. The summed E-state index contributed by atoms with van der Waals surface area (Å²) in [5.74, 6) is 0.0223. The number of hydrogen-bond acceptors (Lipinski definition) is 2. The quantitative estimate of drug-likeness (QED) is 0.701. The molecular formula is C10H12N2O. The Morgan fingerprint density at radius 2 is 2.15 bits per heavy atom. The van der Waals surface area contributed by atoms with Crippen LogP contribution < -0.4 is 11.1 Å². The maximum Gasteiger partial charge on any atom is 0.252 e. The standard InChI is InChI=1S/C10H12N2O/c11-6-5-9-7-3-1-2-4-8(7)10(13)12-9/h1-4,9H,5-6,11H2,(H,12,13). The Bertz CT molecular complexity index is 335. The van der Waals surface area contributed by atoms with Gasteiger partial charge in [0.1, 0.15) is 0 Å². The first-order valence-electron chi connectivity index (χ1n) is 4.43. The molecule has 0 saturated carbocycles. The van der Waals surface area contributed by atoms with Gasteiger partial charge in [-0.25, -0.2) is 0 Å². The number of nitrogens with one attached hydrogen (secondary N) is 1. The smallest absolute Gasteiger partial charge is 0.252 e. The van der Waals surface area contributed by atoms with Crippen LogP contribution in [0.1, 0.15) is 28.4 Å². The molecule has 1 aliphatic rings. The molecule has 0 radical (unpaired) electrons. The molecular weight excluding hydrogens is 164 g/mol. The molecule has 0 aliphatic carbocycles. The van der Waals surface area contributed by atoms with Crippen molar-refractivity contribution >= 4 is 5.91 Å². The van der Waals surface area contributed by atoms with Crippen LogP contribution in [0.2, 0.25) is 0 Å². The summed E-state index contributed by atoms with van der Waals surface area (Å²) in [4.78, 5) is 11.4. The van der Waals surface area contributed by atoms with Gasteiger partial charge in [0.25, 0.3) is 5.91 Å². The molecule has 0 spiro atoms. The van der Waals surface area contributed by atoms with Gasteiger partial charge in [-0.3, -0.25) is 4.79 Å². The molecule has 1 atom stereocenters. The fourth-order valence-electron chi connectivity index (χ4n) is 1.72. The number of nitrogens with two attached hydrogens (primary N) is 1. The van der Waals surface area contributed by atoms with Gasteiger partial charge in [0, 0.05) is 5.56 Å². The Hall–Kier alpha value is -1.35. The van der Waals surface area contributed by atoms with Crippen LogP contribution in [-0.2, 0) is 0 Å². The van der Waals surface area contributed by atoms with E-state index in [0.717, 1.165) is 17.5 Å². The van der Waals surface area contributed by atoms with Gasteiger partial charge in [-0.2, -0.15) is 0 Å². The van der Waals surface area contributed by atoms with Gasteiger partial charge in [0.05, 0.1) is 6.04 Å². The molecule has 3 N–H and O–H groups in total. The maximum absolute atomic E-state index is 11.4. The molecule has 1 aromatic carbocycles. The summed E-state index contributed by atoms with van der Waals surface area (Å²) >= 11 is 0. The fourth-order valence-corrected chi connectivity index (χ4v) is 1.72. The molecule has 68 valence electrons. The molecule has 0 aromatic heterocycles. The normalized spacial score (nSPS) is 19.8. The first kappa shape index (κ1) is 8.26. The van der Waals surface area contributed by atoms with Crippen molar-refractivity contribution in [3.63, 3.8) is 0 Å². The molecule has 1 aliphatic heterocycles. The zero-order chi connectivity index (χ0) is 9.26. The summed E-state index contributed by atoms with van der Waals surface area (Å²) in [6.45, 7) is 0.597. The van der Waals surface area contributed by atoms with Crippen LogP contribution in [0.3, 0.4) is 0 Å². The van der Waals surface area contributed by atoms with E-state index in [1.54, 1.807) is 0 Å². The fraction of sp³-hybridized carbons (Fsp3) is 0.300. The minimum Gasteiger partial charge on any atom is -0.345 e. The number of carbonyl (C=O) groups excluding carboxylic acids is 1. The maximum atomic E-state index is 11.4. The van der Waals surface area contributed by atoms with Crippen molar-refractivity contribution in [1.29, 1.82) is 0 Å². The predicted octanol–water partition coefficient (Wildman–Crippen LogP) is 0.820. The Morgan fingerprint density at radius 1 is 1.38 bits per heavy atom. The Labute approximate surface area is 76.9 Å². The van der Waals surface area contributed by atoms with E-state index >= 15 is 0 Å². The second-order valence-electron chi connectivity index (χ2n) is 3.19. The van der Waals surface area contributed by atoms with E-state index < -0.39 is 0 Å². The summed E-state index contributed by atoms with van der Waals surface area (Å²) in [5, 5.41) is 2.90. The lowest BCUT2D eigenvalue weighted by Crippen LogP contribution is -2.21. The Balaban J connectivity index is 2.36. The summed E-state index contributed by atoms with van der Waals surface area (Å²) in [5.41, 5.74) is 7.33. The molecule has 13 heavy (non-hydrogen) atoms. The van der Waals surface area contributed by atoms with Crippen LogP contribution in [0, 0.1) is 0 Å². The number of amides is 1. The molecule has 0 saturated heterocycles. The first-order valence-corrected chi connectivity index (χ1v) is 4.43. The average Bonchev–Trinajstić information content (AvgIpc) is 2.46. The van der Waals surface area contributed by atoms with Crippen molar-refractivity contribution in [3.05, 3.63) is 35.4 Å². The van der Waals surface area contributed by atoms with E-state index in [1.807, 2.05) is 24.3 Å². The van der Waals surface area contributed by atoms with Gasteiger partial charge in [-0.15, -0.1) is 0 Å². The largest absolute Gasteiger partial charge is 0.345 e. The van der Waals surface area contributed by atoms with E-state index in [1.165, 1.54) is 0 Å². The van der Waals surface area contributed by atoms with E-state index in [9.17, 15) is 4.79 Å². The molecule has 3 heteroatoms. The van der Waals surface area contributed by atoms with Crippen LogP contribution in [0.25, 0.3) is 0 Å². The summed E-state index contributed by atoms with van der Waals surface area (Å²) < 4.78 is 0. The number of benzene rings is 1. The van der Waals surface area contributed by atoms with Gasteiger partial charge >= 0.3 is 0 Å². The van der Waals surface area contributed by atoms with Crippen molar-refractivity contribution in [2.75, 3.05) is 6.54 Å². The Kier molecular flexibility index (Phi) is 2.02. The molecule has 1 heterocycles. The van der Waals surface area contributed by atoms with E-state index in [4.69, 9.17) is 5.73 Å². The van der Waals surface area contributed by atoms with Crippen molar-refractivity contribution in [2.45, 2.75) is 12.5 Å². The molecule has 1 aromatic rings. The zero-order valence-electron chi connectivity index (χ0n) is 7.29. The molecule has 3 nitrogen and oxygen atoms in total. The second kappa shape index (κ2) is 3.18. The highest BCUT2D eigenvalue weighted by Gasteiger charge is 2.26. The predicted molar refractivity (Wildman–Crippen MR) is 50.3 cm³/mol. The van der Waals surface area contributed by atoms with Crippen LogP contribution in [0.5, 0.6) is 0 Å². The van der Waals surface area contributed by atoms with Gasteiger partial charge in [0.15, 0.2) is 0 Å². The summed E-state index contributed by atoms with van der Waals surface area (Å²) in [6.07, 6.45) is 0.808. The molecule has 0 fully saturated rings. The topological polar surface area (TPSA) is 55.1 Å². The third-order valence-corrected chi connectivity index (χ3v) is 2.34. The number of hydrogen-bond donors (Lipinski definition) is 2. The highest BCUT2D eigenvalue weighted by atomic mass is 16.2. The SMILES string of the molecule is NCCC1NC(=O)c2ccccc21. The van der Waals surface area contributed by atoms with Crippen LogP contribution >= 0.6 is 0 Å². The Morgan fingerprint density at radius 3 is 2.92 bits per heavy atom. The highest BCUT2D eigenvalue weighted by molar-refractivity contribution is 5.99. The second-order valence-corrected chi connectivity index (χ2v) is 3.19. The van der Waals surface area contributed by atoms with Gasteiger partial charge in [0.2, 0.25) is 0 Å². The molecule has 1 unspecified atom stereocenters. The average molecular weight is 176 g/mol. The van der Waals surface area contributed by atoms with Gasteiger partial charge in [-0.1, -0.05) is 18.2 Å². The number of carbonyl (C=O) groups is 1. The molecule has 1 amide bonds. The van der Waals surface area contributed by atoms with Crippen molar-refractivity contribution in [3.8, 4) is 0 Å². The molecule has 2 rings (SSSR count). The lowest BCUT2D eigenvalue weighted by atomic mass is 10.0. The minimum atomic E-state index is 0.0223. The van der Waals surface area contributed by atoms with Gasteiger partial charge in [-0.05, 0) is 24.6 Å². The van der Waals surface area contributed by atoms with Crippen LogP contribution in [-0.4, -0.2) is 12.5 Å². The van der Waals surface area contributed by atoms with Crippen molar-refractivity contribution < 1.29 is 4.79 Å². The summed E-state index contributed by atoms with van der Waals surface area (Å²) in [6, 6.07) is 7.77. The minimum absolute atomic E-state index is 0.0223. The third kappa shape index (κ3) is 1.31. The number of fused-ring (bicyclic) bond motifs is 1. The molecule has 0 bridgehead atoms. The highest BCUT2D eigenvalue weighted by Crippen LogP contribution is 2.26. The monoisotopic (exact) mass is 176 g/mol. The van der Waals surface area contributed by atoms with Crippen molar-refractivity contribution in [1.82, 2.24) is 5.32 Å². The van der Waals surface area contributed by atoms with E-state index in [0.29, 0.717) is 6.54 Å². The van der Waals surface area contributed by atoms with Crippen LogP contribution in [0.4, 0.5) is 0 Å². The van der Waals surface area contributed by atoms with E-state index in [-0.39, 0.29) is 11.9 Å². The van der Waals surface area contributed by atoms with Crippen LogP contribution in [0.15, 0.2) is 24.3 Å². The zero-order valence-corrected chi connectivity index (χ0v) is 7.29. The van der Waals surface area contributed by atoms with E-state index in [2.05, 4.69) is 5.32 Å². The first-order chi connectivity index (χ1) is 6.33. The summed E-state index contributed by atoms with van der Waals surface area (Å²) in [7, 11) is 0. The number of rotatable bonds is 2. The third-order valence-electron chi connectivity index (χ3n) is 2.34.